The van der Waals surface area contributed by atoms with E-state index in [0.717, 1.165) is 12.8 Å². The van der Waals surface area contributed by atoms with E-state index in [2.05, 4.69) is 11.4 Å². The van der Waals surface area contributed by atoms with Gasteiger partial charge in [-0.15, -0.1) is 11.3 Å². The lowest BCUT2D eigenvalue weighted by atomic mass is 10.1. The summed E-state index contributed by atoms with van der Waals surface area (Å²) in [7, 11) is 0. The van der Waals surface area contributed by atoms with Crippen molar-refractivity contribution in [2.75, 3.05) is 6.61 Å². The molecule has 3 heteroatoms. The minimum absolute atomic E-state index is 0.0582. The maximum Gasteiger partial charge on any atom is 0.0582 e. The fourth-order valence-corrected chi connectivity index (χ4v) is 1.60. The van der Waals surface area contributed by atoms with Crippen LogP contribution in [0.25, 0.3) is 0 Å². The number of hydrogen-bond donors (Lipinski definition) is 2. The summed E-state index contributed by atoms with van der Waals surface area (Å²) >= 11 is 1.74. The fraction of sp³-hybridized carbons (Fsp3) is 0.500. The molecule has 2 nitrogen and oxygen atoms in total. The van der Waals surface area contributed by atoms with Crippen molar-refractivity contribution in [1.82, 2.24) is 0 Å². The Morgan fingerprint density at radius 3 is 3.00 bits per heavy atom. The van der Waals surface area contributed by atoms with E-state index in [-0.39, 0.29) is 12.6 Å². The molecule has 0 spiro atoms. The molecule has 1 atom stereocenters. The highest BCUT2D eigenvalue weighted by Gasteiger charge is 2.00. The summed E-state index contributed by atoms with van der Waals surface area (Å²) in [4.78, 5) is 1.34. The summed E-state index contributed by atoms with van der Waals surface area (Å²) < 4.78 is 0. The number of aliphatic hydroxyl groups is 1. The van der Waals surface area contributed by atoms with Gasteiger partial charge in [0.1, 0.15) is 0 Å². The molecule has 3 N–H and O–H groups in total. The van der Waals surface area contributed by atoms with E-state index in [9.17, 15) is 0 Å². The Kier molecular flexibility index (Phi) is 3.56. The molecule has 1 aromatic heterocycles. The Morgan fingerprint density at radius 2 is 2.45 bits per heavy atom. The van der Waals surface area contributed by atoms with Crippen LogP contribution in [0.2, 0.25) is 0 Å². The highest BCUT2D eigenvalue weighted by atomic mass is 32.1. The summed E-state index contributed by atoms with van der Waals surface area (Å²) in [6.07, 6.45) is 1.86. The van der Waals surface area contributed by atoms with E-state index >= 15 is 0 Å². The molecule has 0 saturated carbocycles. The lowest BCUT2D eigenvalue weighted by Gasteiger charge is -2.05. The number of aliphatic hydroxyl groups excluding tert-OH is 1. The average Bonchev–Trinajstić information content (AvgIpc) is 2.52. The van der Waals surface area contributed by atoms with E-state index in [0.29, 0.717) is 0 Å². The zero-order valence-corrected chi connectivity index (χ0v) is 7.18. The predicted molar refractivity (Wildman–Crippen MR) is 47.7 cm³/mol. The number of hydrogen-bond acceptors (Lipinski definition) is 3. The monoisotopic (exact) mass is 171 g/mol. The number of rotatable bonds is 4. The first-order valence-corrected chi connectivity index (χ1v) is 4.59. The molecule has 0 amide bonds. The van der Waals surface area contributed by atoms with Crippen LogP contribution in [0.15, 0.2) is 17.5 Å². The first-order chi connectivity index (χ1) is 5.33. The molecule has 1 unspecified atom stereocenters. The molecule has 0 aliphatic heterocycles. The van der Waals surface area contributed by atoms with Crippen molar-refractivity contribution in [3.8, 4) is 0 Å². The second-order valence-electron chi connectivity index (χ2n) is 2.56. The van der Waals surface area contributed by atoms with Gasteiger partial charge in [-0.1, -0.05) is 6.07 Å². The van der Waals surface area contributed by atoms with Crippen LogP contribution in [-0.4, -0.2) is 17.8 Å². The SMILES string of the molecule is NC(CO)CCc1cccs1. The molecule has 11 heavy (non-hydrogen) atoms. The van der Waals surface area contributed by atoms with Crippen LogP contribution in [0.4, 0.5) is 0 Å². The van der Waals surface area contributed by atoms with Gasteiger partial charge in [0.05, 0.1) is 6.61 Å². The lowest BCUT2D eigenvalue weighted by Crippen LogP contribution is -2.24. The van der Waals surface area contributed by atoms with Gasteiger partial charge in [0.2, 0.25) is 0 Å². The molecule has 0 aliphatic carbocycles. The van der Waals surface area contributed by atoms with E-state index in [1.165, 1.54) is 4.88 Å². The first kappa shape index (κ1) is 8.71. The van der Waals surface area contributed by atoms with Gasteiger partial charge in [-0.2, -0.15) is 0 Å². The van der Waals surface area contributed by atoms with Gasteiger partial charge < -0.3 is 10.8 Å². The summed E-state index contributed by atoms with van der Waals surface area (Å²) in [5.41, 5.74) is 5.54. The molecule has 62 valence electrons. The Hall–Kier alpha value is -0.380. The Morgan fingerprint density at radius 1 is 1.64 bits per heavy atom. The second kappa shape index (κ2) is 4.49. The average molecular weight is 171 g/mol. The zero-order valence-electron chi connectivity index (χ0n) is 6.36. The van der Waals surface area contributed by atoms with E-state index in [4.69, 9.17) is 10.8 Å². The molecule has 0 aliphatic rings. The van der Waals surface area contributed by atoms with Crippen LogP contribution in [0, 0.1) is 0 Å². The van der Waals surface area contributed by atoms with Crippen LogP contribution in [-0.2, 0) is 6.42 Å². The van der Waals surface area contributed by atoms with E-state index in [1.54, 1.807) is 11.3 Å². The zero-order chi connectivity index (χ0) is 8.10. The molecule has 1 rings (SSSR count). The van der Waals surface area contributed by atoms with Crippen LogP contribution >= 0.6 is 11.3 Å². The molecular weight excluding hydrogens is 158 g/mol. The first-order valence-electron chi connectivity index (χ1n) is 3.71. The maximum atomic E-state index is 8.64. The highest BCUT2D eigenvalue weighted by Crippen LogP contribution is 2.11. The summed E-state index contributed by atoms with van der Waals surface area (Å²) in [5.74, 6) is 0. The van der Waals surface area contributed by atoms with Crippen molar-refractivity contribution < 1.29 is 5.11 Å². The van der Waals surface area contributed by atoms with Gasteiger partial charge in [0.25, 0.3) is 0 Å². The normalized spacial score (nSPS) is 13.3. The molecule has 1 heterocycles. The van der Waals surface area contributed by atoms with Crippen LogP contribution in [0.1, 0.15) is 11.3 Å². The summed E-state index contributed by atoms with van der Waals surface area (Å²) in [6, 6.07) is 4.07. The largest absolute Gasteiger partial charge is 0.395 e. The lowest BCUT2D eigenvalue weighted by molar-refractivity contribution is 0.260. The number of thiophene rings is 1. The molecule has 0 bridgehead atoms. The minimum atomic E-state index is -0.0582. The summed E-state index contributed by atoms with van der Waals surface area (Å²) in [6.45, 7) is 0.0887. The van der Waals surface area contributed by atoms with Crippen molar-refractivity contribution >= 4 is 11.3 Å². The van der Waals surface area contributed by atoms with E-state index in [1.807, 2.05) is 6.07 Å². The van der Waals surface area contributed by atoms with Crippen LogP contribution < -0.4 is 5.73 Å². The third kappa shape index (κ3) is 3.01. The Bertz CT molecular complexity index is 186. The van der Waals surface area contributed by atoms with Gasteiger partial charge >= 0.3 is 0 Å². The second-order valence-corrected chi connectivity index (χ2v) is 3.59. The van der Waals surface area contributed by atoms with Gasteiger partial charge in [-0.25, -0.2) is 0 Å². The minimum Gasteiger partial charge on any atom is -0.395 e. The topological polar surface area (TPSA) is 46.2 Å². The predicted octanol–water partition coefficient (Wildman–Crippen LogP) is 1.00. The molecule has 0 radical (unpaired) electrons. The molecule has 1 aromatic rings. The molecule has 0 aromatic carbocycles. The maximum absolute atomic E-state index is 8.64. The third-order valence-electron chi connectivity index (χ3n) is 1.58. The number of nitrogens with two attached hydrogens (primary N) is 1. The standard InChI is InChI=1S/C8H13NOS/c9-7(6-10)3-4-8-2-1-5-11-8/h1-2,5,7,10H,3-4,6,9H2. The summed E-state index contributed by atoms with van der Waals surface area (Å²) in [5, 5.41) is 10.7. The smallest absolute Gasteiger partial charge is 0.0582 e. The molecular formula is C8H13NOS. The van der Waals surface area contributed by atoms with Gasteiger partial charge in [-0.3, -0.25) is 0 Å². The Balaban J connectivity index is 2.23. The molecule has 0 fully saturated rings. The van der Waals surface area contributed by atoms with Gasteiger partial charge in [-0.05, 0) is 24.3 Å². The van der Waals surface area contributed by atoms with Gasteiger partial charge in [0, 0.05) is 10.9 Å². The van der Waals surface area contributed by atoms with Crippen LogP contribution in [0.5, 0.6) is 0 Å². The fourth-order valence-electron chi connectivity index (χ4n) is 0.874. The quantitative estimate of drug-likeness (QED) is 0.710. The Labute approximate surface area is 70.7 Å². The molecule has 0 saturated heterocycles. The van der Waals surface area contributed by atoms with Crippen LogP contribution in [0.3, 0.4) is 0 Å². The number of aryl methyl sites for hydroxylation is 1. The highest BCUT2D eigenvalue weighted by molar-refractivity contribution is 7.09. The van der Waals surface area contributed by atoms with Crippen molar-refractivity contribution in [3.05, 3.63) is 22.4 Å². The van der Waals surface area contributed by atoms with Crippen molar-refractivity contribution in [1.29, 1.82) is 0 Å². The van der Waals surface area contributed by atoms with Crippen molar-refractivity contribution in [2.24, 2.45) is 5.73 Å². The van der Waals surface area contributed by atoms with Gasteiger partial charge in [0.15, 0.2) is 0 Å². The van der Waals surface area contributed by atoms with E-state index < -0.39 is 0 Å². The third-order valence-corrected chi connectivity index (χ3v) is 2.51. The van der Waals surface area contributed by atoms with Crippen molar-refractivity contribution in [2.45, 2.75) is 18.9 Å². The van der Waals surface area contributed by atoms with Crippen molar-refractivity contribution in [3.63, 3.8) is 0 Å².